The summed E-state index contributed by atoms with van der Waals surface area (Å²) in [5.74, 6) is 0.694. The molecule has 0 fully saturated rings. The summed E-state index contributed by atoms with van der Waals surface area (Å²) in [5.41, 5.74) is 10.4. The quantitative estimate of drug-likeness (QED) is 0.188. The van der Waals surface area contributed by atoms with Crippen LogP contribution >= 0.6 is 11.3 Å². The molecule has 3 aromatic heterocycles. The molecule has 0 amide bonds. The SMILES string of the molecule is CC1(C)c2ccccc2-c2c1c1c(c3ccccc23)c2ccccc2n1-c1nc(-c2ccc3sc4ccccc4c3c2)c2ccccc2n1. The molecular weight excluding hydrogens is 615 g/mol. The standard InChI is InChI=1S/C45H29N3S/c1-45(2)34-19-9-5-16-30(34)39-28-14-3-4-15-29(28)40-32-18-7-11-21-36(32)48(43(40)41(39)45)44-46-35-20-10-6-17-31(35)42(47-44)26-23-24-38-33(25-26)27-13-8-12-22-37(27)49-38/h3-25H,1-2H3. The zero-order chi connectivity index (χ0) is 32.4. The number of hydrogen-bond donors (Lipinski definition) is 0. The monoisotopic (exact) mass is 643 g/mol. The van der Waals surface area contributed by atoms with Crippen LogP contribution in [0.5, 0.6) is 0 Å². The molecule has 0 bridgehead atoms. The Morgan fingerprint density at radius 3 is 2.12 bits per heavy atom. The zero-order valence-electron chi connectivity index (χ0n) is 27.0. The van der Waals surface area contributed by atoms with Crippen LogP contribution in [-0.2, 0) is 5.41 Å². The third-order valence-corrected chi connectivity index (χ3v) is 11.9. The van der Waals surface area contributed by atoms with Gasteiger partial charge >= 0.3 is 0 Å². The molecule has 0 atom stereocenters. The Balaban J connectivity index is 1.30. The van der Waals surface area contributed by atoms with E-state index in [2.05, 4.69) is 158 Å². The van der Waals surface area contributed by atoms with Gasteiger partial charge in [0.15, 0.2) is 0 Å². The van der Waals surface area contributed by atoms with Gasteiger partial charge in [0, 0.05) is 47.3 Å². The van der Waals surface area contributed by atoms with Gasteiger partial charge in [0.05, 0.1) is 22.2 Å². The molecule has 0 radical (unpaired) electrons. The van der Waals surface area contributed by atoms with Gasteiger partial charge in [-0.1, -0.05) is 123 Å². The summed E-state index contributed by atoms with van der Waals surface area (Å²) in [7, 11) is 0. The highest BCUT2D eigenvalue weighted by Crippen LogP contribution is 2.56. The predicted molar refractivity (Wildman–Crippen MR) is 207 cm³/mol. The molecule has 7 aromatic carbocycles. The van der Waals surface area contributed by atoms with Crippen LogP contribution in [0.3, 0.4) is 0 Å². The summed E-state index contributed by atoms with van der Waals surface area (Å²) in [4.78, 5) is 10.9. The molecule has 49 heavy (non-hydrogen) atoms. The van der Waals surface area contributed by atoms with Gasteiger partial charge in [-0.2, -0.15) is 0 Å². The molecule has 230 valence electrons. The van der Waals surface area contributed by atoms with Crippen molar-refractivity contribution in [3.05, 3.63) is 151 Å². The minimum atomic E-state index is -0.231. The normalized spacial score (nSPS) is 13.7. The zero-order valence-corrected chi connectivity index (χ0v) is 27.8. The lowest BCUT2D eigenvalue weighted by Gasteiger charge is -2.24. The summed E-state index contributed by atoms with van der Waals surface area (Å²) >= 11 is 1.84. The fourth-order valence-electron chi connectivity index (χ4n) is 8.66. The van der Waals surface area contributed by atoms with Gasteiger partial charge < -0.3 is 0 Å². The van der Waals surface area contributed by atoms with Crippen molar-refractivity contribution in [1.29, 1.82) is 0 Å². The highest BCUT2D eigenvalue weighted by Gasteiger charge is 2.40. The molecule has 0 spiro atoms. The first-order valence-electron chi connectivity index (χ1n) is 16.8. The van der Waals surface area contributed by atoms with Crippen LogP contribution in [0, 0.1) is 0 Å². The van der Waals surface area contributed by atoms with E-state index in [0.29, 0.717) is 5.95 Å². The summed E-state index contributed by atoms with van der Waals surface area (Å²) in [6.45, 7) is 4.75. The molecule has 1 aliphatic carbocycles. The van der Waals surface area contributed by atoms with Crippen LogP contribution in [0.4, 0.5) is 0 Å². The number of nitrogens with zero attached hydrogens (tertiary/aromatic N) is 3. The molecule has 0 saturated heterocycles. The van der Waals surface area contributed by atoms with Crippen LogP contribution in [0.1, 0.15) is 25.0 Å². The average Bonchev–Trinajstić information content (AvgIpc) is 3.77. The van der Waals surface area contributed by atoms with E-state index < -0.39 is 0 Å². The Kier molecular flexibility index (Phi) is 5.33. The molecule has 0 aliphatic heterocycles. The Hall–Kier alpha value is -5.84. The number of rotatable bonds is 2. The van der Waals surface area contributed by atoms with Gasteiger partial charge in [-0.25, -0.2) is 9.97 Å². The van der Waals surface area contributed by atoms with Crippen molar-refractivity contribution in [2.75, 3.05) is 0 Å². The summed E-state index contributed by atoms with van der Waals surface area (Å²) in [5, 5.41) is 8.63. The Morgan fingerprint density at radius 1 is 0.571 bits per heavy atom. The lowest BCUT2D eigenvalue weighted by atomic mass is 9.80. The fourth-order valence-corrected chi connectivity index (χ4v) is 9.74. The summed E-state index contributed by atoms with van der Waals surface area (Å²) in [6.07, 6.45) is 0. The third kappa shape index (κ3) is 3.56. The molecule has 3 heterocycles. The molecule has 1 aliphatic rings. The van der Waals surface area contributed by atoms with E-state index in [1.807, 2.05) is 11.3 Å². The largest absolute Gasteiger partial charge is 0.278 e. The van der Waals surface area contributed by atoms with Crippen LogP contribution in [0.15, 0.2) is 140 Å². The number of fused-ring (bicyclic) bond motifs is 14. The van der Waals surface area contributed by atoms with E-state index in [9.17, 15) is 0 Å². The van der Waals surface area contributed by atoms with Gasteiger partial charge in [-0.3, -0.25) is 4.57 Å². The lowest BCUT2D eigenvalue weighted by Crippen LogP contribution is -2.17. The molecular formula is C45H29N3S. The second-order valence-electron chi connectivity index (χ2n) is 13.7. The van der Waals surface area contributed by atoms with E-state index in [1.54, 1.807) is 0 Å². The molecule has 4 heteroatoms. The van der Waals surface area contributed by atoms with Crippen LogP contribution in [0.25, 0.3) is 92.0 Å². The van der Waals surface area contributed by atoms with Gasteiger partial charge in [0.25, 0.3) is 0 Å². The first-order chi connectivity index (χ1) is 24.1. The van der Waals surface area contributed by atoms with E-state index in [1.165, 1.54) is 69.5 Å². The van der Waals surface area contributed by atoms with Gasteiger partial charge in [0.1, 0.15) is 0 Å². The predicted octanol–water partition coefficient (Wildman–Crippen LogP) is 12.2. The molecule has 10 aromatic rings. The second kappa shape index (κ2) is 9.62. The van der Waals surface area contributed by atoms with Crippen LogP contribution in [0.2, 0.25) is 0 Å². The van der Waals surface area contributed by atoms with Gasteiger partial charge in [0.2, 0.25) is 5.95 Å². The van der Waals surface area contributed by atoms with Gasteiger partial charge in [-0.05, 0) is 63.4 Å². The van der Waals surface area contributed by atoms with E-state index >= 15 is 0 Å². The minimum Gasteiger partial charge on any atom is -0.278 e. The molecule has 0 saturated carbocycles. The average molecular weight is 644 g/mol. The fraction of sp³-hybridized carbons (Fsp3) is 0.0667. The van der Waals surface area contributed by atoms with Crippen molar-refractivity contribution < 1.29 is 0 Å². The first-order valence-corrected chi connectivity index (χ1v) is 17.7. The molecule has 0 unspecified atom stereocenters. The van der Waals surface area contributed by atoms with Crippen molar-refractivity contribution in [3.63, 3.8) is 0 Å². The number of hydrogen-bond acceptors (Lipinski definition) is 3. The highest BCUT2D eigenvalue weighted by atomic mass is 32.1. The summed E-state index contributed by atoms with van der Waals surface area (Å²) < 4.78 is 4.95. The van der Waals surface area contributed by atoms with E-state index in [0.717, 1.165) is 27.7 Å². The molecule has 3 nitrogen and oxygen atoms in total. The number of benzene rings is 7. The first kappa shape index (κ1) is 27.1. The number of thiophene rings is 1. The highest BCUT2D eigenvalue weighted by molar-refractivity contribution is 7.25. The smallest absolute Gasteiger partial charge is 0.235 e. The molecule has 11 rings (SSSR count). The van der Waals surface area contributed by atoms with Crippen molar-refractivity contribution in [2.24, 2.45) is 0 Å². The van der Waals surface area contributed by atoms with Crippen molar-refractivity contribution in [1.82, 2.24) is 14.5 Å². The van der Waals surface area contributed by atoms with Crippen molar-refractivity contribution in [2.45, 2.75) is 19.3 Å². The Labute approximate surface area is 286 Å². The maximum Gasteiger partial charge on any atom is 0.235 e. The van der Waals surface area contributed by atoms with Crippen LogP contribution in [-0.4, -0.2) is 14.5 Å². The summed E-state index contributed by atoms with van der Waals surface area (Å²) in [6, 6.07) is 50.6. The maximum atomic E-state index is 5.54. The topological polar surface area (TPSA) is 30.7 Å². The van der Waals surface area contributed by atoms with Crippen molar-refractivity contribution >= 4 is 75.0 Å². The number of para-hydroxylation sites is 2. The third-order valence-electron chi connectivity index (χ3n) is 10.8. The maximum absolute atomic E-state index is 5.54. The Bertz CT molecular complexity index is 3030. The van der Waals surface area contributed by atoms with Crippen LogP contribution < -0.4 is 0 Å². The number of aromatic nitrogens is 3. The van der Waals surface area contributed by atoms with E-state index in [4.69, 9.17) is 9.97 Å². The Morgan fingerprint density at radius 2 is 1.24 bits per heavy atom. The second-order valence-corrected chi connectivity index (χ2v) is 14.8. The van der Waals surface area contributed by atoms with E-state index in [-0.39, 0.29) is 5.41 Å². The minimum absolute atomic E-state index is 0.231. The molecule has 0 N–H and O–H groups in total. The van der Waals surface area contributed by atoms with Gasteiger partial charge in [-0.15, -0.1) is 11.3 Å². The van der Waals surface area contributed by atoms with Crippen molar-refractivity contribution in [3.8, 4) is 28.3 Å². The lowest BCUT2D eigenvalue weighted by molar-refractivity contribution is 0.664.